The van der Waals surface area contributed by atoms with Crippen LogP contribution < -0.4 is 0 Å². The Hall–Kier alpha value is -1.50. The third-order valence-corrected chi connectivity index (χ3v) is 5.11. The molecule has 7 heteroatoms. The Morgan fingerprint density at radius 2 is 2.20 bits per heavy atom. The van der Waals surface area contributed by atoms with Crippen molar-refractivity contribution in [3.8, 4) is 0 Å². The summed E-state index contributed by atoms with van der Waals surface area (Å²) >= 11 is 1.18. The molecule has 2 aliphatic heterocycles. The number of rotatable bonds is 3. The van der Waals surface area contributed by atoms with E-state index in [4.69, 9.17) is 0 Å². The van der Waals surface area contributed by atoms with Crippen LogP contribution in [-0.2, 0) is 4.79 Å². The predicted molar refractivity (Wildman–Crippen MR) is 72.2 cm³/mol. The molecule has 1 aromatic heterocycles. The second-order valence-corrected chi connectivity index (χ2v) is 6.52. The molecule has 0 spiro atoms. The van der Waals surface area contributed by atoms with Gasteiger partial charge in [0.05, 0.1) is 12.1 Å². The lowest BCUT2D eigenvalue weighted by molar-refractivity contribution is -0.129. The zero-order chi connectivity index (χ0) is 13.7. The number of amides is 2. The lowest BCUT2D eigenvalue weighted by atomic mass is 10.1. The molecule has 6 nitrogen and oxygen atoms in total. The monoisotopic (exact) mass is 292 g/mol. The van der Waals surface area contributed by atoms with Crippen LogP contribution in [0.2, 0.25) is 0 Å². The van der Waals surface area contributed by atoms with Gasteiger partial charge in [0.25, 0.3) is 5.91 Å². The van der Waals surface area contributed by atoms with E-state index >= 15 is 0 Å². The van der Waals surface area contributed by atoms with E-state index in [1.807, 2.05) is 9.80 Å². The van der Waals surface area contributed by atoms with Crippen molar-refractivity contribution in [1.82, 2.24) is 19.4 Å². The topological polar surface area (TPSA) is 66.4 Å². The molecule has 2 atom stereocenters. The summed E-state index contributed by atoms with van der Waals surface area (Å²) in [6.07, 6.45) is 3.86. The molecule has 106 valence electrons. The Labute approximate surface area is 120 Å². The van der Waals surface area contributed by atoms with Crippen molar-refractivity contribution < 1.29 is 9.59 Å². The molecule has 2 saturated heterocycles. The quantitative estimate of drug-likeness (QED) is 0.825. The summed E-state index contributed by atoms with van der Waals surface area (Å²) in [6, 6.07) is 0.258. The molecule has 0 aromatic carbocycles. The number of hydrogen-bond donors (Lipinski definition) is 0. The Kier molecular flexibility index (Phi) is 2.76. The fourth-order valence-corrected chi connectivity index (χ4v) is 3.83. The molecule has 3 aliphatic rings. The molecule has 1 aromatic rings. The molecular formula is C13H16N4O2S. The van der Waals surface area contributed by atoms with Crippen molar-refractivity contribution in [3.63, 3.8) is 0 Å². The van der Waals surface area contributed by atoms with Crippen LogP contribution in [0.5, 0.6) is 0 Å². The van der Waals surface area contributed by atoms with Crippen molar-refractivity contribution in [2.75, 3.05) is 13.1 Å². The second kappa shape index (κ2) is 4.51. The molecule has 3 heterocycles. The molecule has 0 bridgehead atoms. The molecule has 20 heavy (non-hydrogen) atoms. The highest BCUT2D eigenvalue weighted by Gasteiger charge is 2.49. The molecule has 0 unspecified atom stereocenters. The summed E-state index contributed by atoms with van der Waals surface area (Å²) in [7, 11) is 0. The van der Waals surface area contributed by atoms with E-state index in [0.29, 0.717) is 18.0 Å². The van der Waals surface area contributed by atoms with E-state index in [1.165, 1.54) is 24.4 Å². The summed E-state index contributed by atoms with van der Waals surface area (Å²) < 4.78 is 3.74. The lowest BCUT2D eigenvalue weighted by Gasteiger charge is -2.25. The fraction of sp³-hybridized carbons (Fsp3) is 0.692. The number of nitrogens with zero attached hydrogens (tertiary/aromatic N) is 4. The molecule has 1 aliphatic carbocycles. The average Bonchev–Trinajstić information content (AvgIpc) is 2.87. The van der Waals surface area contributed by atoms with Crippen LogP contribution in [0.25, 0.3) is 0 Å². The van der Waals surface area contributed by atoms with Crippen LogP contribution in [0.1, 0.15) is 36.2 Å². The first-order chi connectivity index (χ1) is 9.74. The third-order valence-electron chi connectivity index (χ3n) is 4.61. The average molecular weight is 292 g/mol. The lowest BCUT2D eigenvalue weighted by Crippen LogP contribution is -2.40. The zero-order valence-corrected chi connectivity index (χ0v) is 11.9. The fourth-order valence-electron chi connectivity index (χ4n) is 3.40. The van der Waals surface area contributed by atoms with Crippen LogP contribution in [0.4, 0.5) is 0 Å². The summed E-state index contributed by atoms with van der Waals surface area (Å²) in [6.45, 7) is 1.61. The Balaban J connectivity index is 1.52. The normalized spacial score (nSPS) is 29.1. The minimum Gasteiger partial charge on any atom is -0.337 e. The molecule has 3 fully saturated rings. The summed E-state index contributed by atoms with van der Waals surface area (Å²) in [5.41, 5.74) is 0.406. The highest BCUT2D eigenvalue weighted by Crippen LogP contribution is 2.37. The highest BCUT2D eigenvalue weighted by molar-refractivity contribution is 7.03. The van der Waals surface area contributed by atoms with Crippen molar-refractivity contribution in [3.05, 3.63) is 11.1 Å². The standard InChI is InChI=1S/C13H16N4O2S/c18-12-5-11-10(17(12)6-8-1-2-8)3-4-16(11)13(19)9-7-20-15-14-9/h7-8,10-11H,1-6H2/t10-,11-/m1/s1. The van der Waals surface area contributed by atoms with Gasteiger partial charge in [0.2, 0.25) is 5.91 Å². The van der Waals surface area contributed by atoms with Crippen molar-refractivity contribution in [1.29, 1.82) is 0 Å². The number of fused-ring (bicyclic) bond motifs is 1. The first-order valence-electron chi connectivity index (χ1n) is 7.11. The molecule has 4 rings (SSSR count). The maximum atomic E-state index is 12.4. The van der Waals surface area contributed by atoms with Crippen LogP contribution in [-0.4, -0.2) is 56.4 Å². The van der Waals surface area contributed by atoms with Crippen LogP contribution >= 0.6 is 11.5 Å². The summed E-state index contributed by atoms with van der Waals surface area (Å²) in [5.74, 6) is 0.832. The smallest absolute Gasteiger partial charge is 0.275 e. The van der Waals surface area contributed by atoms with Crippen molar-refractivity contribution >= 4 is 23.3 Å². The minimum atomic E-state index is -0.0766. The van der Waals surface area contributed by atoms with Gasteiger partial charge in [-0.3, -0.25) is 9.59 Å². The van der Waals surface area contributed by atoms with Gasteiger partial charge in [0, 0.05) is 24.9 Å². The molecule has 1 saturated carbocycles. The van der Waals surface area contributed by atoms with Gasteiger partial charge in [0.15, 0.2) is 5.69 Å². The van der Waals surface area contributed by atoms with Crippen LogP contribution in [0.3, 0.4) is 0 Å². The van der Waals surface area contributed by atoms with Gasteiger partial charge in [-0.25, -0.2) is 0 Å². The minimum absolute atomic E-state index is 0.0375. The maximum Gasteiger partial charge on any atom is 0.275 e. The van der Waals surface area contributed by atoms with Gasteiger partial charge in [-0.05, 0) is 36.7 Å². The Morgan fingerprint density at radius 1 is 1.35 bits per heavy atom. The molecule has 0 radical (unpaired) electrons. The van der Waals surface area contributed by atoms with Gasteiger partial charge in [-0.2, -0.15) is 0 Å². The molecule has 2 amide bonds. The zero-order valence-electron chi connectivity index (χ0n) is 11.1. The van der Waals surface area contributed by atoms with Gasteiger partial charge in [0.1, 0.15) is 0 Å². The number of likely N-dealkylation sites (tertiary alicyclic amines) is 2. The number of aromatic nitrogens is 2. The van der Waals surface area contributed by atoms with Crippen LogP contribution in [0.15, 0.2) is 5.38 Å². The second-order valence-electron chi connectivity index (χ2n) is 5.91. The van der Waals surface area contributed by atoms with Crippen molar-refractivity contribution in [2.45, 2.75) is 37.8 Å². The van der Waals surface area contributed by atoms with Gasteiger partial charge >= 0.3 is 0 Å². The van der Waals surface area contributed by atoms with Crippen molar-refractivity contribution in [2.24, 2.45) is 5.92 Å². The predicted octanol–water partition coefficient (Wildman–Crippen LogP) is 0.764. The Bertz CT molecular complexity index is 543. The number of carbonyl (C=O) groups is 2. The summed E-state index contributed by atoms with van der Waals surface area (Å²) in [5, 5.41) is 5.53. The van der Waals surface area contributed by atoms with E-state index in [-0.39, 0.29) is 23.9 Å². The van der Waals surface area contributed by atoms with Gasteiger partial charge in [-0.1, -0.05) is 4.49 Å². The number of hydrogen-bond acceptors (Lipinski definition) is 5. The van der Waals surface area contributed by atoms with E-state index < -0.39 is 0 Å². The summed E-state index contributed by atoms with van der Waals surface area (Å²) in [4.78, 5) is 28.4. The molecular weight excluding hydrogens is 276 g/mol. The van der Waals surface area contributed by atoms with E-state index in [9.17, 15) is 9.59 Å². The van der Waals surface area contributed by atoms with Gasteiger partial charge < -0.3 is 9.80 Å². The SMILES string of the molecule is O=C1C[C@@H]2[C@@H](CCN2C(=O)c2csnn2)N1CC1CC1. The molecule has 0 N–H and O–H groups in total. The van der Waals surface area contributed by atoms with Crippen LogP contribution in [0, 0.1) is 5.92 Å². The number of carbonyl (C=O) groups excluding carboxylic acids is 2. The third kappa shape index (κ3) is 1.91. The van der Waals surface area contributed by atoms with E-state index in [2.05, 4.69) is 9.59 Å². The van der Waals surface area contributed by atoms with E-state index in [0.717, 1.165) is 19.5 Å². The maximum absolute atomic E-state index is 12.4. The van der Waals surface area contributed by atoms with Gasteiger partial charge in [-0.15, -0.1) is 5.10 Å². The van der Waals surface area contributed by atoms with E-state index in [1.54, 1.807) is 5.38 Å². The first-order valence-corrected chi connectivity index (χ1v) is 7.95. The first kappa shape index (κ1) is 12.3. The highest BCUT2D eigenvalue weighted by atomic mass is 32.1. The largest absolute Gasteiger partial charge is 0.337 e. The Morgan fingerprint density at radius 3 is 2.90 bits per heavy atom.